The molecule has 0 bridgehead atoms. The van der Waals surface area contributed by atoms with Crippen LogP contribution >= 0.6 is 0 Å². The number of nitrogens with two attached hydrogens (primary N) is 1. The largest absolute Gasteiger partial charge is 0.507 e. The second kappa shape index (κ2) is 3.67. The molecular formula is C10H12N2O2. The molecule has 0 amide bonds. The van der Waals surface area contributed by atoms with E-state index < -0.39 is 0 Å². The van der Waals surface area contributed by atoms with Crippen molar-refractivity contribution in [2.75, 3.05) is 6.54 Å². The summed E-state index contributed by atoms with van der Waals surface area (Å²) in [6, 6.07) is 7.08. The van der Waals surface area contributed by atoms with Crippen LogP contribution < -0.4 is 5.73 Å². The fourth-order valence-corrected chi connectivity index (χ4v) is 1.43. The Balaban J connectivity index is 2.22. The van der Waals surface area contributed by atoms with E-state index in [4.69, 9.17) is 10.6 Å². The number of benzene rings is 1. The number of rotatable bonds is 2. The molecule has 0 spiro atoms. The highest BCUT2D eigenvalue weighted by Gasteiger charge is 2.22. The normalized spacial score (nSPS) is 20.4. The molecule has 2 rings (SSSR count). The summed E-state index contributed by atoms with van der Waals surface area (Å²) < 4.78 is 0. The average Bonchev–Trinajstić information content (AvgIpc) is 2.67. The Morgan fingerprint density at radius 1 is 1.50 bits per heavy atom. The Morgan fingerprint density at radius 3 is 2.93 bits per heavy atom. The topological polar surface area (TPSA) is 67.8 Å². The maximum Gasteiger partial charge on any atom is 0.145 e. The molecule has 1 aliphatic heterocycles. The molecule has 0 saturated heterocycles. The lowest BCUT2D eigenvalue weighted by atomic mass is 10.0. The number of hydrogen-bond acceptors (Lipinski definition) is 4. The van der Waals surface area contributed by atoms with Crippen molar-refractivity contribution < 1.29 is 9.94 Å². The van der Waals surface area contributed by atoms with Gasteiger partial charge in [-0.1, -0.05) is 17.3 Å². The highest BCUT2D eigenvalue weighted by atomic mass is 16.6. The van der Waals surface area contributed by atoms with Gasteiger partial charge in [0.15, 0.2) is 0 Å². The van der Waals surface area contributed by atoms with Gasteiger partial charge in [-0.25, -0.2) is 0 Å². The summed E-state index contributed by atoms with van der Waals surface area (Å²) in [5, 5.41) is 13.5. The van der Waals surface area contributed by atoms with Gasteiger partial charge >= 0.3 is 0 Å². The standard InChI is InChI=1S/C10H12N2O2/c11-6-7-5-9(12-14-7)8-3-1-2-4-10(8)13/h1-4,7,13H,5-6,11H2. The average molecular weight is 192 g/mol. The number of para-hydroxylation sites is 1. The molecule has 0 aliphatic carbocycles. The van der Waals surface area contributed by atoms with E-state index in [0.29, 0.717) is 13.0 Å². The maximum atomic E-state index is 9.56. The molecule has 1 heterocycles. The monoisotopic (exact) mass is 192 g/mol. The summed E-state index contributed by atoms with van der Waals surface area (Å²) in [7, 11) is 0. The molecule has 1 unspecified atom stereocenters. The highest BCUT2D eigenvalue weighted by molar-refractivity contribution is 6.03. The van der Waals surface area contributed by atoms with Crippen molar-refractivity contribution in [1.82, 2.24) is 0 Å². The van der Waals surface area contributed by atoms with Gasteiger partial charge in [-0.2, -0.15) is 0 Å². The van der Waals surface area contributed by atoms with E-state index in [1.54, 1.807) is 12.1 Å². The van der Waals surface area contributed by atoms with Gasteiger partial charge in [0.2, 0.25) is 0 Å². The summed E-state index contributed by atoms with van der Waals surface area (Å²) in [5.74, 6) is 0.229. The Kier molecular flexibility index (Phi) is 2.37. The molecule has 74 valence electrons. The van der Waals surface area contributed by atoms with Crippen LogP contribution in [-0.2, 0) is 4.84 Å². The van der Waals surface area contributed by atoms with Crippen LogP contribution in [0.4, 0.5) is 0 Å². The Bertz CT molecular complexity index is 363. The predicted octanol–water partition coefficient (Wildman–Crippen LogP) is 0.844. The summed E-state index contributed by atoms with van der Waals surface area (Å²) in [5.41, 5.74) is 6.94. The van der Waals surface area contributed by atoms with Gasteiger partial charge in [0.05, 0.1) is 5.71 Å². The van der Waals surface area contributed by atoms with Gasteiger partial charge in [-0.15, -0.1) is 0 Å². The zero-order chi connectivity index (χ0) is 9.97. The number of phenolic OH excluding ortho intramolecular Hbond substituents is 1. The molecule has 0 radical (unpaired) electrons. The first-order chi connectivity index (χ1) is 6.81. The third-order valence-electron chi connectivity index (χ3n) is 2.21. The molecule has 14 heavy (non-hydrogen) atoms. The molecule has 1 aromatic carbocycles. The SMILES string of the molecule is NCC1CC(c2ccccc2O)=NO1. The first-order valence-electron chi connectivity index (χ1n) is 4.52. The second-order valence-corrected chi connectivity index (χ2v) is 3.22. The van der Waals surface area contributed by atoms with Gasteiger partial charge < -0.3 is 15.7 Å². The van der Waals surface area contributed by atoms with E-state index in [1.807, 2.05) is 12.1 Å². The maximum absolute atomic E-state index is 9.56. The molecule has 1 aromatic rings. The predicted molar refractivity (Wildman–Crippen MR) is 53.2 cm³/mol. The summed E-state index contributed by atoms with van der Waals surface area (Å²) in [4.78, 5) is 5.08. The lowest BCUT2D eigenvalue weighted by Gasteiger charge is -2.03. The zero-order valence-corrected chi connectivity index (χ0v) is 7.68. The number of phenols is 1. The van der Waals surface area contributed by atoms with Crippen LogP contribution in [0.3, 0.4) is 0 Å². The fraction of sp³-hybridized carbons (Fsp3) is 0.300. The van der Waals surface area contributed by atoms with Crippen molar-refractivity contribution in [2.45, 2.75) is 12.5 Å². The van der Waals surface area contributed by atoms with Crippen molar-refractivity contribution in [3.8, 4) is 5.75 Å². The number of aromatic hydroxyl groups is 1. The number of oxime groups is 1. The van der Waals surface area contributed by atoms with Crippen LogP contribution in [0.15, 0.2) is 29.4 Å². The van der Waals surface area contributed by atoms with Crippen molar-refractivity contribution in [1.29, 1.82) is 0 Å². The molecule has 4 heteroatoms. The first-order valence-corrected chi connectivity index (χ1v) is 4.52. The molecule has 3 N–H and O–H groups in total. The van der Waals surface area contributed by atoms with Crippen LogP contribution in [0, 0.1) is 0 Å². The third-order valence-corrected chi connectivity index (χ3v) is 2.21. The van der Waals surface area contributed by atoms with Crippen LogP contribution in [-0.4, -0.2) is 23.5 Å². The van der Waals surface area contributed by atoms with E-state index in [9.17, 15) is 5.11 Å². The van der Waals surface area contributed by atoms with Gasteiger partial charge in [0.25, 0.3) is 0 Å². The molecule has 1 atom stereocenters. The molecule has 1 aliphatic rings. The number of nitrogens with zero attached hydrogens (tertiary/aromatic N) is 1. The Morgan fingerprint density at radius 2 is 2.29 bits per heavy atom. The van der Waals surface area contributed by atoms with Crippen molar-refractivity contribution >= 4 is 5.71 Å². The van der Waals surface area contributed by atoms with Crippen LogP contribution in [0.5, 0.6) is 5.75 Å². The van der Waals surface area contributed by atoms with Gasteiger partial charge in [0.1, 0.15) is 11.9 Å². The minimum Gasteiger partial charge on any atom is -0.507 e. The van der Waals surface area contributed by atoms with Gasteiger partial charge in [-0.3, -0.25) is 0 Å². The van der Waals surface area contributed by atoms with E-state index in [2.05, 4.69) is 5.16 Å². The fourth-order valence-electron chi connectivity index (χ4n) is 1.43. The summed E-state index contributed by atoms with van der Waals surface area (Å²) in [6.45, 7) is 0.445. The smallest absolute Gasteiger partial charge is 0.145 e. The Hall–Kier alpha value is -1.55. The van der Waals surface area contributed by atoms with Crippen molar-refractivity contribution in [3.05, 3.63) is 29.8 Å². The van der Waals surface area contributed by atoms with Crippen molar-refractivity contribution in [2.24, 2.45) is 10.9 Å². The highest BCUT2D eigenvalue weighted by Crippen LogP contribution is 2.22. The van der Waals surface area contributed by atoms with E-state index in [-0.39, 0.29) is 11.9 Å². The molecular weight excluding hydrogens is 180 g/mol. The van der Waals surface area contributed by atoms with E-state index in [0.717, 1.165) is 11.3 Å². The van der Waals surface area contributed by atoms with Gasteiger partial charge in [-0.05, 0) is 12.1 Å². The van der Waals surface area contributed by atoms with Gasteiger partial charge in [0, 0.05) is 18.5 Å². The molecule has 4 nitrogen and oxygen atoms in total. The lowest BCUT2D eigenvalue weighted by molar-refractivity contribution is 0.0918. The van der Waals surface area contributed by atoms with E-state index >= 15 is 0 Å². The minimum absolute atomic E-state index is 0.0513. The molecule has 0 saturated carbocycles. The van der Waals surface area contributed by atoms with Crippen LogP contribution in [0.25, 0.3) is 0 Å². The minimum atomic E-state index is -0.0513. The lowest BCUT2D eigenvalue weighted by Crippen LogP contribution is -2.20. The molecule has 0 fully saturated rings. The van der Waals surface area contributed by atoms with E-state index in [1.165, 1.54) is 0 Å². The third kappa shape index (κ3) is 1.56. The second-order valence-electron chi connectivity index (χ2n) is 3.22. The first kappa shape index (κ1) is 9.02. The Labute approximate surface area is 82.0 Å². The van der Waals surface area contributed by atoms with Crippen molar-refractivity contribution in [3.63, 3.8) is 0 Å². The summed E-state index contributed by atoms with van der Waals surface area (Å²) in [6.07, 6.45) is 0.609. The van der Waals surface area contributed by atoms with Crippen LogP contribution in [0.2, 0.25) is 0 Å². The summed E-state index contributed by atoms with van der Waals surface area (Å²) >= 11 is 0. The van der Waals surface area contributed by atoms with Crippen LogP contribution in [0.1, 0.15) is 12.0 Å². The quantitative estimate of drug-likeness (QED) is 0.729. The zero-order valence-electron chi connectivity index (χ0n) is 7.68. The number of hydrogen-bond donors (Lipinski definition) is 2. The molecule has 0 aromatic heterocycles.